The number of ether oxygens (including phenoxy) is 1. The first-order valence-corrected chi connectivity index (χ1v) is 20.2. The maximum atomic E-state index is 14.5. The van der Waals surface area contributed by atoms with E-state index in [1.165, 1.54) is 0 Å². The Bertz CT molecular complexity index is 1400. The van der Waals surface area contributed by atoms with Crippen LogP contribution in [-0.2, 0) is 23.9 Å². The molecular weight excluding hydrogens is 642 g/mol. The Morgan fingerprint density at radius 1 is 0.863 bits per heavy atom. The lowest BCUT2D eigenvalue weighted by atomic mass is 9.32. The molecule has 0 aromatic rings. The summed E-state index contributed by atoms with van der Waals surface area (Å²) in [7, 11) is 0. The molecule has 0 radical (unpaired) electrons. The minimum absolute atomic E-state index is 0.0274. The van der Waals surface area contributed by atoms with Gasteiger partial charge in [0, 0.05) is 5.41 Å². The van der Waals surface area contributed by atoms with Crippen molar-refractivity contribution in [2.75, 3.05) is 0 Å². The van der Waals surface area contributed by atoms with Gasteiger partial charge in [0.25, 0.3) is 0 Å². The number of carbonyl (C=O) groups is 4. The maximum absolute atomic E-state index is 14.5. The van der Waals surface area contributed by atoms with Crippen molar-refractivity contribution in [3.05, 3.63) is 12.2 Å². The van der Waals surface area contributed by atoms with Crippen molar-refractivity contribution < 1.29 is 34.1 Å². The summed E-state index contributed by atoms with van der Waals surface area (Å²) >= 11 is 0. The highest BCUT2D eigenvalue weighted by atomic mass is 16.5. The summed E-state index contributed by atoms with van der Waals surface area (Å²) in [6.07, 6.45) is 12.4. The van der Waals surface area contributed by atoms with E-state index in [1.54, 1.807) is 13.8 Å². The number of aliphatic carboxylic acids is 2. The fourth-order valence-electron chi connectivity index (χ4n) is 13.5. The van der Waals surface area contributed by atoms with E-state index in [4.69, 9.17) is 4.74 Å². The summed E-state index contributed by atoms with van der Waals surface area (Å²) in [5.74, 6) is -0.761. The summed E-state index contributed by atoms with van der Waals surface area (Å²) in [5, 5.41) is 22.8. The SMILES string of the molecule is C=C(C)[C@@H]1CC[C@]2(C(=O)NC(CCCCC)C(=O)O)CC[C@]3(C)[C@H](CC[C@@H]4[C@@]5(C)CC[C@H](OC(=O)CC(C)(C)C(=O)O)C(C)(C)[C@@H]5CC[C@]43C)[C@@H]12. The van der Waals surface area contributed by atoms with Gasteiger partial charge in [-0.25, -0.2) is 4.79 Å². The normalized spacial score (nSPS) is 40.4. The number of rotatable bonds is 12. The van der Waals surface area contributed by atoms with Crippen LogP contribution in [0, 0.1) is 62.1 Å². The number of unbranched alkanes of at least 4 members (excludes halogenated alkanes) is 2. The Labute approximate surface area is 307 Å². The summed E-state index contributed by atoms with van der Waals surface area (Å²) in [6, 6.07) is -0.846. The number of allylic oxidation sites excluding steroid dienone is 1. The number of carboxylic acids is 2. The van der Waals surface area contributed by atoms with Crippen molar-refractivity contribution in [3.63, 3.8) is 0 Å². The average molecular weight is 712 g/mol. The van der Waals surface area contributed by atoms with Crippen molar-refractivity contribution in [1.82, 2.24) is 5.32 Å². The van der Waals surface area contributed by atoms with Gasteiger partial charge in [0.15, 0.2) is 0 Å². The third-order valence-electron chi connectivity index (χ3n) is 16.6. The Balaban J connectivity index is 1.41. The smallest absolute Gasteiger partial charge is 0.326 e. The number of carboxylic acid groups (broad SMARTS) is 2. The van der Waals surface area contributed by atoms with E-state index in [9.17, 15) is 29.4 Å². The molecule has 3 N–H and O–H groups in total. The molecule has 0 saturated heterocycles. The van der Waals surface area contributed by atoms with Gasteiger partial charge in [-0.3, -0.25) is 14.4 Å². The first-order chi connectivity index (χ1) is 23.6. The third-order valence-corrected chi connectivity index (χ3v) is 16.6. The Morgan fingerprint density at radius 3 is 2.16 bits per heavy atom. The van der Waals surface area contributed by atoms with E-state index in [2.05, 4.69) is 60.4 Å². The van der Waals surface area contributed by atoms with Crippen LogP contribution in [-0.4, -0.2) is 46.2 Å². The van der Waals surface area contributed by atoms with Crippen LogP contribution >= 0.6 is 0 Å². The molecule has 1 amide bonds. The molecule has 0 aliphatic heterocycles. The van der Waals surface area contributed by atoms with E-state index < -0.39 is 34.8 Å². The summed E-state index contributed by atoms with van der Waals surface area (Å²) in [5.41, 5.74) is -0.658. The molecule has 5 aliphatic rings. The molecule has 0 aromatic heterocycles. The Morgan fingerprint density at radius 2 is 1.55 bits per heavy atom. The monoisotopic (exact) mass is 712 g/mol. The average Bonchev–Trinajstić information content (AvgIpc) is 3.43. The molecule has 8 nitrogen and oxygen atoms in total. The largest absolute Gasteiger partial charge is 0.481 e. The van der Waals surface area contributed by atoms with Crippen LogP contribution in [0.15, 0.2) is 12.2 Å². The molecule has 0 spiro atoms. The van der Waals surface area contributed by atoms with Crippen LogP contribution in [0.4, 0.5) is 0 Å². The molecule has 1 unspecified atom stereocenters. The highest BCUT2D eigenvalue weighted by Gasteiger charge is 2.72. The Kier molecular flexibility index (Phi) is 10.8. The predicted molar refractivity (Wildman–Crippen MR) is 199 cm³/mol. The number of nitrogens with one attached hydrogen (secondary N) is 1. The fraction of sp³-hybridized carbons (Fsp3) is 0.860. The van der Waals surface area contributed by atoms with Gasteiger partial charge in [-0.15, -0.1) is 0 Å². The molecule has 8 heteroatoms. The lowest BCUT2D eigenvalue weighted by Gasteiger charge is -2.72. The number of esters is 1. The molecule has 0 aromatic carbocycles. The fourth-order valence-corrected chi connectivity index (χ4v) is 13.5. The number of amides is 1. The molecule has 11 atom stereocenters. The van der Waals surface area contributed by atoms with Crippen molar-refractivity contribution in [2.24, 2.45) is 62.1 Å². The van der Waals surface area contributed by atoms with Crippen LogP contribution in [0.1, 0.15) is 159 Å². The minimum Gasteiger partial charge on any atom is -0.481 e. The first-order valence-electron chi connectivity index (χ1n) is 20.2. The predicted octanol–water partition coefficient (Wildman–Crippen LogP) is 9.21. The summed E-state index contributed by atoms with van der Waals surface area (Å²) in [6.45, 7) is 24.0. The number of fused-ring (bicyclic) bond motifs is 7. The van der Waals surface area contributed by atoms with Crippen LogP contribution in [0.2, 0.25) is 0 Å². The van der Waals surface area contributed by atoms with Gasteiger partial charge in [-0.2, -0.15) is 0 Å². The van der Waals surface area contributed by atoms with Crippen LogP contribution in [0.5, 0.6) is 0 Å². The molecule has 5 rings (SSSR count). The lowest BCUT2D eigenvalue weighted by molar-refractivity contribution is -0.249. The highest BCUT2D eigenvalue weighted by Crippen LogP contribution is 2.77. The Hall–Kier alpha value is -2.38. The molecule has 5 saturated carbocycles. The van der Waals surface area contributed by atoms with E-state index in [0.717, 1.165) is 89.0 Å². The molecular formula is C43H69NO7. The van der Waals surface area contributed by atoms with Gasteiger partial charge < -0.3 is 20.3 Å². The quantitative estimate of drug-likeness (QED) is 0.105. The van der Waals surface area contributed by atoms with E-state index in [0.29, 0.717) is 24.2 Å². The number of hydrogen-bond acceptors (Lipinski definition) is 5. The number of carbonyl (C=O) groups excluding carboxylic acids is 2. The zero-order valence-corrected chi connectivity index (χ0v) is 33.3. The van der Waals surface area contributed by atoms with Crippen LogP contribution in [0.25, 0.3) is 0 Å². The highest BCUT2D eigenvalue weighted by molar-refractivity contribution is 5.88. The van der Waals surface area contributed by atoms with Gasteiger partial charge >= 0.3 is 17.9 Å². The second-order valence-electron chi connectivity index (χ2n) is 19.9. The van der Waals surface area contributed by atoms with Crippen LogP contribution in [0.3, 0.4) is 0 Å². The molecule has 0 bridgehead atoms. The standard InChI is InChI=1S/C43H69NO7/c1-11-12-13-14-29(35(46)47)44-36(48)43-22-17-27(26(2)3)34(43)28-15-16-31-40(8)20-19-32(51-33(45)25-38(4,5)37(49)50)39(6,7)30(40)18-21-42(31,10)41(28,9)23-24-43/h27-32,34H,2,11-25H2,1,3-10H3,(H,44,48)(H,46,47)(H,49,50)/t27-,28+,29?,30-,31+,32-,34+,40-,41+,42+,43-/m0/s1. The van der Waals surface area contributed by atoms with Gasteiger partial charge in [0.2, 0.25) is 5.91 Å². The third kappa shape index (κ3) is 6.38. The van der Waals surface area contributed by atoms with Gasteiger partial charge in [0.1, 0.15) is 12.1 Å². The molecule has 5 aliphatic carbocycles. The number of hydrogen-bond donors (Lipinski definition) is 3. The van der Waals surface area contributed by atoms with Crippen LogP contribution < -0.4 is 5.32 Å². The van der Waals surface area contributed by atoms with Crippen molar-refractivity contribution in [2.45, 2.75) is 171 Å². The van der Waals surface area contributed by atoms with Crippen molar-refractivity contribution in [3.8, 4) is 0 Å². The maximum Gasteiger partial charge on any atom is 0.326 e. The topological polar surface area (TPSA) is 130 Å². The molecule has 288 valence electrons. The first kappa shape index (κ1) is 39.8. The summed E-state index contributed by atoms with van der Waals surface area (Å²) < 4.78 is 6.15. The van der Waals surface area contributed by atoms with Gasteiger partial charge in [-0.05, 0) is 137 Å². The zero-order chi connectivity index (χ0) is 37.9. The zero-order valence-electron chi connectivity index (χ0n) is 33.3. The minimum atomic E-state index is -1.17. The van der Waals surface area contributed by atoms with E-state index in [1.807, 2.05) is 0 Å². The molecule has 5 fully saturated rings. The molecule has 51 heavy (non-hydrogen) atoms. The second-order valence-corrected chi connectivity index (χ2v) is 19.9. The van der Waals surface area contributed by atoms with Crippen molar-refractivity contribution in [1.29, 1.82) is 0 Å². The second kappa shape index (κ2) is 13.8. The van der Waals surface area contributed by atoms with Gasteiger partial charge in [0.05, 0.1) is 17.3 Å². The van der Waals surface area contributed by atoms with E-state index >= 15 is 0 Å². The lowest BCUT2D eigenvalue weighted by Crippen LogP contribution is -2.67. The van der Waals surface area contributed by atoms with Crippen molar-refractivity contribution >= 4 is 23.8 Å². The van der Waals surface area contributed by atoms with Gasteiger partial charge in [-0.1, -0.05) is 73.0 Å². The summed E-state index contributed by atoms with van der Waals surface area (Å²) in [4.78, 5) is 51.6. The molecule has 0 heterocycles. The van der Waals surface area contributed by atoms with E-state index in [-0.39, 0.29) is 51.9 Å².